The molecule has 0 amide bonds. The summed E-state index contributed by atoms with van der Waals surface area (Å²) in [7, 11) is 0. The van der Waals surface area contributed by atoms with Gasteiger partial charge in [0.15, 0.2) is 0 Å². The lowest BCUT2D eigenvalue weighted by atomic mass is 10.1. The Bertz CT molecular complexity index is 478. The van der Waals surface area contributed by atoms with Crippen molar-refractivity contribution in [3.63, 3.8) is 0 Å². The lowest BCUT2D eigenvalue weighted by Crippen LogP contribution is -2.16. The van der Waals surface area contributed by atoms with E-state index in [0.29, 0.717) is 5.71 Å². The average molecular weight is 245 g/mol. The summed E-state index contributed by atoms with van der Waals surface area (Å²) in [5.74, 6) is -0.579. The number of ether oxygens (including phenoxy) is 1. The minimum atomic E-state index is -0.579. The zero-order chi connectivity index (χ0) is 13.4. The van der Waals surface area contributed by atoms with Gasteiger partial charge in [0.1, 0.15) is 5.70 Å². The number of hydrogen-bond acceptors (Lipinski definition) is 5. The van der Waals surface area contributed by atoms with Gasteiger partial charge in [0.25, 0.3) is 0 Å². The number of benzene rings is 1. The average Bonchev–Trinajstić information content (AvgIpc) is 2.39. The van der Waals surface area contributed by atoms with Crippen molar-refractivity contribution in [1.82, 2.24) is 0 Å². The van der Waals surface area contributed by atoms with Crippen LogP contribution in [-0.4, -0.2) is 25.0 Å². The molecule has 0 saturated carbocycles. The van der Waals surface area contributed by atoms with E-state index in [1.165, 1.54) is 6.08 Å². The molecule has 0 aliphatic rings. The summed E-state index contributed by atoms with van der Waals surface area (Å²) in [6.45, 7) is 5.27. The van der Waals surface area contributed by atoms with E-state index in [-0.39, 0.29) is 12.3 Å². The quantitative estimate of drug-likeness (QED) is 0.369. The van der Waals surface area contributed by atoms with Crippen LogP contribution in [0.15, 0.2) is 52.3 Å². The molecule has 2 N–H and O–H groups in total. The Balaban J connectivity index is 3.02. The van der Waals surface area contributed by atoms with Gasteiger partial charge in [0.2, 0.25) is 0 Å². The summed E-state index contributed by atoms with van der Waals surface area (Å²) in [5.41, 5.74) is 6.83. The molecular formula is C13H15N3O2. The van der Waals surface area contributed by atoms with Crippen molar-refractivity contribution in [1.29, 1.82) is 0 Å². The van der Waals surface area contributed by atoms with Crippen molar-refractivity contribution in [2.24, 2.45) is 15.9 Å². The molecule has 0 unspecified atom stereocenters. The molecule has 1 aromatic rings. The lowest BCUT2D eigenvalue weighted by molar-refractivity contribution is -0.138. The molecule has 0 atom stereocenters. The second kappa shape index (κ2) is 7.01. The Morgan fingerprint density at radius 1 is 1.44 bits per heavy atom. The molecule has 5 heteroatoms. The number of carbonyl (C=O) groups excluding carboxylic acids is 1. The summed E-state index contributed by atoms with van der Waals surface area (Å²) in [6, 6.07) is 9.24. The maximum Gasteiger partial charge on any atom is 0.354 e. The summed E-state index contributed by atoms with van der Waals surface area (Å²) in [4.78, 5) is 11.4. The first-order chi connectivity index (χ1) is 8.69. The first-order valence-electron chi connectivity index (χ1n) is 5.42. The van der Waals surface area contributed by atoms with Crippen molar-refractivity contribution in [2.75, 3.05) is 6.61 Å². The van der Waals surface area contributed by atoms with E-state index < -0.39 is 5.97 Å². The smallest absolute Gasteiger partial charge is 0.354 e. The Labute approximate surface area is 106 Å². The Morgan fingerprint density at radius 2 is 2.11 bits per heavy atom. The van der Waals surface area contributed by atoms with E-state index in [1.807, 2.05) is 30.3 Å². The topological polar surface area (TPSA) is 77.0 Å². The van der Waals surface area contributed by atoms with Crippen LogP contribution in [0.4, 0.5) is 0 Å². The SMILES string of the molecule is C=NN=C(C=C(N)C(=O)OCC)c1ccccc1. The van der Waals surface area contributed by atoms with Crippen LogP contribution in [0.2, 0.25) is 0 Å². The van der Waals surface area contributed by atoms with Crippen molar-refractivity contribution in [3.8, 4) is 0 Å². The van der Waals surface area contributed by atoms with Crippen molar-refractivity contribution >= 4 is 18.4 Å². The number of esters is 1. The molecule has 0 aromatic heterocycles. The first-order valence-corrected chi connectivity index (χ1v) is 5.42. The Morgan fingerprint density at radius 3 is 2.67 bits per heavy atom. The van der Waals surface area contributed by atoms with Crippen LogP contribution in [0, 0.1) is 0 Å². The highest BCUT2D eigenvalue weighted by molar-refractivity contribution is 6.11. The van der Waals surface area contributed by atoms with Gasteiger partial charge < -0.3 is 10.5 Å². The van der Waals surface area contributed by atoms with Gasteiger partial charge in [-0.2, -0.15) is 10.2 Å². The van der Waals surface area contributed by atoms with Crippen LogP contribution in [0.5, 0.6) is 0 Å². The predicted octanol–water partition coefficient (Wildman–Crippen LogP) is 1.50. The van der Waals surface area contributed by atoms with Gasteiger partial charge in [-0.3, -0.25) is 0 Å². The molecule has 18 heavy (non-hydrogen) atoms. The maximum atomic E-state index is 11.4. The van der Waals surface area contributed by atoms with Crippen molar-refractivity contribution in [3.05, 3.63) is 47.7 Å². The molecule has 0 radical (unpaired) electrons. The Hall–Kier alpha value is -2.43. The zero-order valence-corrected chi connectivity index (χ0v) is 10.2. The van der Waals surface area contributed by atoms with Crippen LogP contribution in [0.1, 0.15) is 12.5 Å². The highest BCUT2D eigenvalue weighted by atomic mass is 16.5. The fraction of sp³-hybridized carbons (Fsp3) is 0.154. The van der Waals surface area contributed by atoms with Gasteiger partial charge >= 0.3 is 5.97 Å². The van der Waals surface area contributed by atoms with Gasteiger partial charge in [-0.05, 0) is 13.0 Å². The molecule has 0 heterocycles. The molecule has 1 rings (SSSR count). The van der Waals surface area contributed by atoms with E-state index in [2.05, 4.69) is 16.9 Å². The summed E-state index contributed by atoms with van der Waals surface area (Å²) in [5, 5.41) is 7.30. The second-order valence-corrected chi connectivity index (χ2v) is 3.31. The summed E-state index contributed by atoms with van der Waals surface area (Å²) < 4.78 is 4.79. The molecule has 0 spiro atoms. The largest absolute Gasteiger partial charge is 0.461 e. The van der Waals surface area contributed by atoms with Crippen LogP contribution in [0.3, 0.4) is 0 Å². The highest BCUT2D eigenvalue weighted by Crippen LogP contribution is 2.05. The first kappa shape index (κ1) is 13.6. The number of carbonyl (C=O) groups is 1. The zero-order valence-electron chi connectivity index (χ0n) is 10.2. The molecule has 1 aromatic carbocycles. The van der Waals surface area contributed by atoms with Crippen LogP contribution >= 0.6 is 0 Å². The molecule has 0 bridgehead atoms. The van der Waals surface area contributed by atoms with Crippen molar-refractivity contribution in [2.45, 2.75) is 6.92 Å². The molecule has 0 fully saturated rings. The van der Waals surface area contributed by atoms with E-state index in [1.54, 1.807) is 6.92 Å². The number of nitrogens with two attached hydrogens (primary N) is 1. The standard InChI is InChI=1S/C13H15N3O2/c1-3-18-13(17)11(14)9-12(16-15-2)10-7-5-4-6-8-10/h4-9H,2-3,14H2,1H3. The fourth-order valence-electron chi connectivity index (χ4n) is 1.28. The Kier molecular flexibility index (Phi) is 5.31. The highest BCUT2D eigenvalue weighted by Gasteiger charge is 2.08. The van der Waals surface area contributed by atoms with Gasteiger partial charge in [-0.25, -0.2) is 4.79 Å². The third-order valence-corrected chi connectivity index (χ3v) is 2.05. The monoisotopic (exact) mass is 245 g/mol. The van der Waals surface area contributed by atoms with Gasteiger partial charge in [0.05, 0.1) is 12.3 Å². The van der Waals surface area contributed by atoms with Crippen LogP contribution in [0.25, 0.3) is 0 Å². The maximum absolute atomic E-state index is 11.4. The van der Waals surface area contributed by atoms with E-state index in [0.717, 1.165) is 5.56 Å². The lowest BCUT2D eigenvalue weighted by Gasteiger charge is -2.03. The minimum absolute atomic E-state index is 0.0249. The van der Waals surface area contributed by atoms with Gasteiger partial charge in [0, 0.05) is 12.3 Å². The number of allylic oxidation sites excluding steroid dienone is 1. The third-order valence-electron chi connectivity index (χ3n) is 2.05. The van der Waals surface area contributed by atoms with Gasteiger partial charge in [-0.1, -0.05) is 30.3 Å². The normalized spacial score (nSPS) is 12.1. The predicted molar refractivity (Wildman–Crippen MR) is 71.4 cm³/mol. The second-order valence-electron chi connectivity index (χ2n) is 3.31. The van der Waals surface area contributed by atoms with Crippen LogP contribution < -0.4 is 5.73 Å². The molecule has 5 nitrogen and oxygen atoms in total. The number of nitrogens with zero attached hydrogens (tertiary/aromatic N) is 2. The molecule has 0 aliphatic carbocycles. The molecule has 0 aliphatic heterocycles. The van der Waals surface area contributed by atoms with Crippen molar-refractivity contribution < 1.29 is 9.53 Å². The van der Waals surface area contributed by atoms with E-state index in [9.17, 15) is 4.79 Å². The molecule has 94 valence electrons. The molecular weight excluding hydrogens is 230 g/mol. The van der Waals surface area contributed by atoms with E-state index in [4.69, 9.17) is 10.5 Å². The van der Waals surface area contributed by atoms with Gasteiger partial charge in [-0.15, -0.1) is 0 Å². The summed E-state index contributed by atoms with van der Waals surface area (Å²) in [6.07, 6.45) is 1.42. The fourth-order valence-corrected chi connectivity index (χ4v) is 1.28. The molecule has 0 saturated heterocycles. The number of hydrogen-bond donors (Lipinski definition) is 1. The third kappa shape index (κ3) is 3.86. The number of rotatable bonds is 5. The minimum Gasteiger partial charge on any atom is -0.461 e. The van der Waals surface area contributed by atoms with E-state index >= 15 is 0 Å². The van der Waals surface area contributed by atoms with Crippen LogP contribution in [-0.2, 0) is 9.53 Å². The summed E-state index contributed by atoms with van der Waals surface area (Å²) >= 11 is 0.